The summed E-state index contributed by atoms with van der Waals surface area (Å²) in [5.41, 5.74) is 2.31. The monoisotopic (exact) mass is 299 g/mol. The minimum Gasteiger partial charge on any atom is -0.481 e. The fraction of sp³-hybridized carbons (Fsp3) is 0.412. The fourth-order valence-corrected chi connectivity index (χ4v) is 2.83. The van der Waals surface area contributed by atoms with Gasteiger partial charge in [-0.2, -0.15) is 4.98 Å². The van der Waals surface area contributed by atoms with Crippen LogP contribution in [0.5, 0.6) is 5.88 Å². The van der Waals surface area contributed by atoms with Crippen molar-refractivity contribution in [1.82, 2.24) is 14.0 Å². The van der Waals surface area contributed by atoms with E-state index >= 15 is 0 Å². The largest absolute Gasteiger partial charge is 0.481 e. The Balaban J connectivity index is 2.15. The maximum Gasteiger partial charge on any atom is 0.275 e. The number of rotatable bonds is 6. The lowest BCUT2D eigenvalue weighted by molar-refractivity contribution is 0.399. The van der Waals surface area contributed by atoms with Gasteiger partial charge in [-0.25, -0.2) is 0 Å². The summed E-state index contributed by atoms with van der Waals surface area (Å²) in [6.07, 6.45) is 6.40. The number of aryl methyl sites for hydroxylation is 1. The van der Waals surface area contributed by atoms with Crippen LogP contribution in [-0.4, -0.2) is 21.1 Å². The molecule has 0 amide bonds. The molecule has 3 aromatic heterocycles. The maximum absolute atomic E-state index is 12.7. The van der Waals surface area contributed by atoms with E-state index in [9.17, 15) is 4.79 Å². The zero-order valence-electron chi connectivity index (χ0n) is 13.1. The Morgan fingerprint density at radius 1 is 1.14 bits per heavy atom. The van der Waals surface area contributed by atoms with E-state index in [0.29, 0.717) is 11.4 Å². The van der Waals surface area contributed by atoms with Crippen molar-refractivity contribution in [3.63, 3.8) is 0 Å². The van der Waals surface area contributed by atoms with E-state index in [1.54, 1.807) is 13.2 Å². The van der Waals surface area contributed by atoms with Gasteiger partial charge in [0.2, 0.25) is 5.88 Å². The highest BCUT2D eigenvalue weighted by atomic mass is 16.5. The molecule has 5 heteroatoms. The zero-order valence-corrected chi connectivity index (χ0v) is 13.1. The molecule has 116 valence electrons. The SMILES string of the molecule is CCCCCCn1c(=O)c2cccn2c2nc(OC)ccc21. The second kappa shape index (κ2) is 6.22. The van der Waals surface area contributed by atoms with Crippen LogP contribution in [0.3, 0.4) is 0 Å². The second-order valence-electron chi connectivity index (χ2n) is 5.48. The third-order valence-corrected chi connectivity index (χ3v) is 4.01. The third-order valence-electron chi connectivity index (χ3n) is 4.01. The quantitative estimate of drug-likeness (QED) is 0.657. The standard InChI is InChI=1S/C17H21N3O2/c1-3-4-5-6-11-20-13-9-10-15(22-2)18-16(13)19-12-7-8-14(19)17(20)21/h7-10,12H,3-6,11H2,1-2H3. The number of pyridine rings is 1. The first kappa shape index (κ1) is 14.6. The number of fused-ring (bicyclic) bond motifs is 3. The maximum atomic E-state index is 12.7. The minimum absolute atomic E-state index is 0.0426. The molecule has 5 nitrogen and oxygen atoms in total. The van der Waals surface area contributed by atoms with Gasteiger partial charge >= 0.3 is 0 Å². The molecule has 0 fully saturated rings. The zero-order chi connectivity index (χ0) is 15.5. The highest BCUT2D eigenvalue weighted by molar-refractivity contribution is 5.75. The Hall–Kier alpha value is -2.30. The molecule has 0 unspecified atom stereocenters. The van der Waals surface area contributed by atoms with Crippen molar-refractivity contribution in [2.75, 3.05) is 7.11 Å². The van der Waals surface area contributed by atoms with Gasteiger partial charge in [-0.3, -0.25) is 9.20 Å². The van der Waals surface area contributed by atoms with Crippen LogP contribution >= 0.6 is 0 Å². The molecule has 0 bridgehead atoms. The summed E-state index contributed by atoms with van der Waals surface area (Å²) >= 11 is 0. The lowest BCUT2D eigenvalue weighted by Crippen LogP contribution is -2.23. The molecule has 3 heterocycles. The van der Waals surface area contributed by atoms with E-state index in [-0.39, 0.29) is 5.56 Å². The Morgan fingerprint density at radius 3 is 2.77 bits per heavy atom. The van der Waals surface area contributed by atoms with E-state index < -0.39 is 0 Å². The lowest BCUT2D eigenvalue weighted by Gasteiger charge is -2.12. The van der Waals surface area contributed by atoms with Crippen molar-refractivity contribution in [1.29, 1.82) is 0 Å². The number of hydrogen-bond donors (Lipinski definition) is 0. The van der Waals surface area contributed by atoms with Crippen LogP contribution in [0, 0.1) is 0 Å². The molecule has 3 aromatic rings. The summed E-state index contributed by atoms with van der Waals surface area (Å²) in [6, 6.07) is 7.44. The van der Waals surface area contributed by atoms with Crippen LogP contribution in [0.1, 0.15) is 32.6 Å². The first-order chi connectivity index (χ1) is 10.8. The molecule has 0 aliphatic heterocycles. The van der Waals surface area contributed by atoms with Gasteiger partial charge in [-0.05, 0) is 24.6 Å². The van der Waals surface area contributed by atoms with Crippen molar-refractivity contribution in [2.45, 2.75) is 39.2 Å². The van der Waals surface area contributed by atoms with Crippen LogP contribution in [0.2, 0.25) is 0 Å². The lowest BCUT2D eigenvalue weighted by atomic mass is 10.2. The van der Waals surface area contributed by atoms with Crippen molar-refractivity contribution < 1.29 is 4.74 Å². The van der Waals surface area contributed by atoms with E-state index in [1.807, 2.05) is 33.4 Å². The molecule has 0 saturated carbocycles. The van der Waals surface area contributed by atoms with Gasteiger partial charge in [0.15, 0.2) is 5.65 Å². The normalized spacial score (nSPS) is 11.4. The van der Waals surface area contributed by atoms with Gasteiger partial charge in [-0.15, -0.1) is 0 Å². The van der Waals surface area contributed by atoms with Crippen molar-refractivity contribution in [2.24, 2.45) is 0 Å². The van der Waals surface area contributed by atoms with E-state index in [0.717, 1.165) is 30.6 Å². The van der Waals surface area contributed by atoms with Gasteiger partial charge in [0, 0.05) is 18.8 Å². The Morgan fingerprint density at radius 2 is 2.00 bits per heavy atom. The average molecular weight is 299 g/mol. The van der Waals surface area contributed by atoms with Gasteiger partial charge < -0.3 is 9.30 Å². The number of hydrogen-bond acceptors (Lipinski definition) is 3. The highest BCUT2D eigenvalue weighted by Gasteiger charge is 2.12. The molecule has 0 atom stereocenters. The number of ether oxygens (including phenoxy) is 1. The summed E-state index contributed by atoms with van der Waals surface area (Å²) in [5.74, 6) is 0.554. The predicted octanol–water partition coefficient (Wildman–Crippen LogP) is 3.24. The molecule has 22 heavy (non-hydrogen) atoms. The molecule has 0 aliphatic carbocycles. The van der Waals surface area contributed by atoms with Crippen LogP contribution in [0.15, 0.2) is 35.3 Å². The smallest absolute Gasteiger partial charge is 0.275 e. The first-order valence-corrected chi connectivity index (χ1v) is 7.81. The third kappa shape index (κ3) is 2.47. The summed E-state index contributed by atoms with van der Waals surface area (Å²) in [4.78, 5) is 17.2. The molecule has 3 rings (SSSR count). The van der Waals surface area contributed by atoms with E-state index in [2.05, 4.69) is 11.9 Å². The van der Waals surface area contributed by atoms with Crippen LogP contribution in [0.25, 0.3) is 16.7 Å². The molecular weight excluding hydrogens is 278 g/mol. The second-order valence-corrected chi connectivity index (χ2v) is 5.48. The average Bonchev–Trinajstić information content (AvgIpc) is 3.04. The molecule has 0 saturated heterocycles. The van der Waals surface area contributed by atoms with Crippen LogP contribution < -0.4 is 10.3 Å². The molecule has 0 aliphatic rings. The van der Waals surface area contributed by atoms with E-state index in [4.69, 9.17) is 4.74 Å². The molecule has 0 radical (unpaired) electrons. The highest BCUT2D eigenvalue weighted by Crippen LogP contribution is 2.18. The summed E-state index contributed by atoms with van der Waals surface area (Å²) in [5, 5.41) is 0. The van der Waals surface area contributed by atoms with Crippen LogP contribution in [0.4, 0.5) is 0 Å². The topological polar surface area (TPSA) is 48.5 Å². The summed E-state index contributed by atoms with van der Waals surface area (Å²) < 4.78 is 8.90. The summed E-state index contributed by atoms with van der Waals surface area (Å²) in [6.45, 7) is 2.91. The molecule has 0 spiro atoms. The number of aromatic nitrogens is 3. The van der Waals surface area contributed by atoms with Crippen LogP contribution in [-0.2, 0) is 6.54 Å². The van der Waals surface area contributed by atoms with Gasteiger partial charge in [-0.1, -0.05) is 26.2 Å². The molecule has 0 aromatic carbocycles. The number of methoxy groups -OCH3 is 1. The minimum atomic E-state index is 0.0426. The molecular formula is C17H21N3O2. The van der Waals surface area contributed by atoms with Crippen molar-refractivity contribution >= 4 is 16.7 Å². The Labute approximate surface area is 129 Å². The van der Waals surface area contributed by atoms with Gasteiger partial charge in [0.05, 0.1) is 12.6 Å². The van der Waals surface area contributed by atoms with E-state index in [1.165, 1.54) is 12.8 Å². The molecule has 0 N–H and O–H groups in total. The summed E-state index contributed by atoms with van der Waals surface area (Å²) in [7, 11) is 1.60. The Bertz CT molecular complexity index is 848. The van der Waals surface area contributed by atoms with Crippen molar-refractivity contribution in [3.8, 4) is 5.88 Å². The van der Waals surface area contributed by atoms with Crippen molar-refractivity contribution in [3.05, 3.63) is 40.8 Å². The predicted molar refractivity (Wildman–Crippen MR) is 87.7 cm³/mol. The number of unbranched alkanes of at least 4 members (excludes halogenated alkanes) is 3. The van der Waals surface area contributed by atoms with Gasteiger partial charge in [0.25, 0.3) is 5.56 Å². The first-order valence-electron chi connectivity index (χ1n) is 7.81. The number of nitrogens with zero attached hydrogens (tertiary/aromatic N) is 3. The Kier molecular flexibility index (Phi) is 4.13. The van der Waals surface area contributed by atoms with Gasteiger partial charge in [0.1, 0.15) is 5.52 Å². The fourth-order valence-electron chi connectivity index (χ4n) is 2.83.